The van der Waals surface area contributed by atoms with Crippen LogP contribution in [0.25, 0.3) is 0 Å². The molecular weight excluding hydrogens is 227 g/mol. The molecule has 1 nitrogen and oxygen atoms in total. The molecule has 2 aromatic rings. The van der Waals surface area contributed by atoms with E-state index in [1.165, 1.54) is 12.1 Å². The van der Waals surface area contributed by atoms with Crippen molar-refractivity contribution in [1.82, 2.24) is 0 Å². The Balaban J connectivity index is 2.02. The van der Waals surface area contributed by atoms with E-state index >= 15 is 0 Å². The van der Waals surface area contributed by atoms with E-state index in [0.717, 1.165) is 11.1 Å². The Morgan fingerprint density at radius 1 is 1.11 bits per heavy atom. The molecule has 0 amide bonds. The summed E-state index contributed by atoms with van der Waals surface area (Å²) in [6.07, 6.45) is 1.57. The van der Waals surface area contributed by atoms with Gasteiger partial charge in [0.1, 0.15) is 11.9 Å². The first-order chi connectivity index (χ1) is 8.79. The maximum absolute atomic E-state index is 13.0. The minimum Gasteiger partial charge on any atom is -0.365 e. The van der Waals surface area contributed by atoms with Crippen molar-refractivity contribution in [3.05, 3.63) is 84.2 Å². The van der Waals surface area contributed by atoms with Crippen LogP contribution in [0, 0.1) is 5.82 Å². The van der Waals surface area contributed by atoms with Gasteiger partial charge in [-0.2, -0.15) is 0 Å². The second-order valence-electron chi connectivity index (χ2n) is 4.01. The van der Waals surface area contributed by atoms with Crippen LogP contribution in [0.15, 0.2) is 67.3 Å². The van der Waals surface area contributed by atoms with Gasteiger partial charge < -0.3 is 4.74 Å². The van der Waals surface area contributed by atoms with Crippen LogP contribution < -0.4 is 0 Å². The van der Waals surface area contributed by atoms with Gasteiger partial charge in [-0.1, -0.05) is 48.5 Å². The molecule has 0 radical (unpaired) electrons. The Morgan fingerprint density at radius 2 is 1.89 bits per heavy atom. The lowest BCUT2D eigenvalue weighted by atomic mass is 10.1. The predicted octanol–water partition coefficient (Wildman–Crippen LogP) is 4.27. The Labute approximate surface area is 107 Å². The molecule has 2 aromatic carbocycles. The lowest BCUT2D eigenvalue weighted by molar-refractivity contribution is 0.0719. The minimum atomic E-state index is -0.244. The molecule has 0 bridgehead atoms. The maximum Gasteiger partial charge on any atom is 0.123 e. The molecule has 18 heavy (non-hydrogen) atoms. The molecular formula is C16H15FO. The molecule has 0 N–H and O–H groups in total. The van der Waals surface area contributed by atoms with Crippen LogP contribution in [0.2, 0.25) is 0 Å². The quantitative estimate of drug-likeness (QED) is 0.711. The van der Waals surface area contributed by atoms with Crippen LogP contribution >= 0.6 is 0 Å². The lowest BCUT2D eigenvalue weighted by Crippen LogP contribution is -2.01. The highest BCUT2D eigenvalue weighted by atomic mass is 19.1. The van der Waals surface area contributed by atoms with E-state index in [0.29, 0.717) is 6.61 Å². The van der Waals surface area contributed by atoms with E-state index < -0.39 is 0 Å². The topological polar surface area (TPSA) is 9.23 Å². The summed E-state index contributed by atoms with van der Waals surface area (Å²) in [5, 5.41) is 0. The van der Waals surface area contributed by atoms with Gasteiger partial charge in [-0.25, -0.2) is 4.39 Å². The SMILES string of the molecule is C=C[C@@H](OCc1cccc(F)c1)c1ccccc1. The molecule has 0 saturated heterocycles. The van der Waals surface area contributed by atoms with E-state index in [1.54, 1.807) is 12.1 Å². The summed E-state index contributed by atoms with van der Waals surface area (Å²) >= 11 is 0. The Hall–Kier alpha value is -1.93. The summed E-state index contributed by atoms with van der Waals surface area (Å²) in [6.45, 7) is 4.13. The van der Waals surface area contributed by atoms with Crippen molar-refractivity contribution in [2.75, 3.05) is 0 Å². The van der Waals surface area contributed by atoms with Crippen LogP contribution in [0.1, 0.15) is 17.2 Å². The molecule has 0 fully saturated rings. The van der Waals surface area contributed by atoms with Crippen LogP contribution in [-0.4, -0.2) is 0 Å². The minimum absolute atomic E-state index is 0.172. The van der Waals surface area contributed by atoms with Crippen molar-refractivity contribution in [2.24, 2.45) is 0 Å². The smallest absolute Gasteiger partial charge is 0.123 e. The zero-order chi connectivity index (χ0) is 12.8. The van der Waals surface area contributed by atoms with Gasteiger partial charge in [0.2, 0.25) is 0 Å². The van der Waals surface area contributed by atoms with Gasteiger partial charge in [-0.05, 0) is 23.3 Å². The van der Waals surface area contributed by atoms with Crippen LogP contribution in [0.3, 0.4) is 0 Å². The third kappa shape index (κ3) is 3.28. The summed E-state index contributed by atoms with van der Waals surface area (Å²) < 4.78 is 18.8. The van der Waals surface area contributed by atoms with Crippen molar-refractivity contribution in [3.8, 4) is 0 Å². The summed E-state index contributed by atoms with van der Waals surface area (Å²) in [4.78, 5) is 0. The van der Waals surface area contributed by atoms with Gasteiger partial charge in [0, 0.05) is 0 Å². The molecule has 0 aliphatic rings. The first-order valence-electron chi connectivity index (χ1n) is 5.83. The van der Waals surface area contributed by atoms with Crippen molar-refractivity contribution in [3.63, 3.8) is 0 Å². The molecule has 1 atom stereocenters. The Morgan fingerprint density at radius 3 is 2.56 bits per heavy atom. The molecule has 0 saturated carbocycles. The van der Waals surface area contributed by atoms with Gasteiger partial charge in [-0.15, -0.1) is 6.58 Å². The van der Waals surface area contributed by atoms with E-state index in [9.17, 15) is 4.39 Å². The Kier molecular flexibility index (Phi) is 4.26. The van der Waals surface area contributed by atoms with Gasteiger partial charge >= 0.3 is 0 Å². The monoisotopic (exact) mass is 242 g/mol. The third-order valence-corrected chi connectivity index (χ3v) is 2.66. The van der Waals surface area contributed by atoms with Gasteiger partial charge in [0.15, 0.2) is 0 Å². The zero-order valence-electron chi connectivity index (χ0n) is 10.1. The molecule has 0 heterocycles. The van der Waals surface area contributed by atoms with E-state index in [1.807, 2.05) is 36.4 Å². The fourth-order valence-corrected chi connectivity index (χ4v) is 1.76. The van der Waals surface area contributed by atoms with Crippen molar-refractivity contribution < 1.29 is 9.13 Å². The summed E-state index contributed by atoms with van der Waals surface area (Å²) in [5.41, 5.74) is 1.86. The second-order valence-corrected chi connectivity index (χ2v) is 4.01. The third-order valence-electron chi connectivity index (χ3n) is 2.66. The number of rotatable bonds is 5. The molecule has 0 aliphatic carbocycles. The fraction of sp³-hybridized carbons (Fsp3) is 0.125. The summed E-state index contributed by atoms with van der Waals surface area (Å²) in [5.74, 6) is -0.244. The first kappa shape index (κ1) is 12.5. The normalized spacial score (nSPS) is 12.1. The summed E-state index contributed by atoms with van der Waals surface area (Å²) in [7, 11) is 0. The van der Waals surface area contributed by atoms with Gasteiger partial charge in [0.05, 0.1) is 6.61 Å². The molecule has 2 rings (SSSR count). The van der Waals surface area contributed by atoms with Gasteiger partial charge in [-0.3, -0.25) is 0 Å². The van der Waals surface area contributed by atoms with Crippen molar-refractivity contribution in [1.29, 1.82) is 0 Å². The fourth-order valence-electron chi connectivity index (χ4n) is 1.76. The second kappa shape index (κ2) is 6.12. The van der Waals surface area contributed by atoms with Crippen LogP contribution in [0.5, 0.6) is 0 Å². The number of benzene rings is 2. The van der Waals surface area contributed by atoms with E-state index in [2.05, 4.69) is 6.58 Å². The average molecular weight is 242 g/mol. The maximum atomic E-state index is 13.0. The summed E-state index contributed by atoms with van der Waals surface area (Å²) in [6, 6.07) is 16.3. The molecule has 0 aliphatic heterocycles. The zero-order valence-corrected chi connectivity index (χ0v) is 10.1. The average Bonchev–Trinajstić information content (AvgIpc) is 2.41. The molecule has 0 unspecified atom stereocenters. The van der Waals surface area contributed by atoms with Crippen molar-refractivity contribution in [2.45, 2.75) is 12.7 Å². The molecule has 0 spiro atoms. The number of hydrogen-bond acceptors (Lipinski definition) is 1. The standard InChI is InChI=1S/C16H15FO/c1-2-16(14-8-4-3-5-9-14)18-12-13-7-6-10-15(17)11-13/h2-11,16H,1,12H2/t16-/m1/s1. The van der Waals surface area contributed by atoms with Crippen LogP contribution in [0.4, 0.5) is 4.39 Å². The van der Waals surface area contributed by atoms with E-state index in [-0.39, 0.29) is 11.9 Å². The molecule has 92 valence electrons. The molecule has 0 aromatic heterocycles. The largest absolute Gasteiger partial charge is 0.365 e. The number of hydrogen-bond donors (Lipinski definition) is 0. The molecule has 2 heteroatoms. The van der Waals surface area contributed by atoms with E-state index in [4.69, 9.17) is 4.74 Å². The van der Waals surface area contributed by atoms with Gasteiger partial charge in [0.25, 0.3) is 0 Å². The first-order valence-corrected chi connectivity index (χ1v) is 5.83. The van der Waals surface area contributed by atoms with Crippen molar-refractivity contribution >= 4 is 0 Å². The highest BCUT2D eigenvalue weighted by Gasteiger charge is 2.07. The Bertz CT molecular complexity index is 508. The predicted molar refractivity (Wildman–Crippen MR) is 70.6 cm³/mol. The van der Waals surface area contributed by atoms with Crippen LogP contribution in [-0.2, 0) is 11.3 Å². The highest BCUT2D eigenvalue weighted by Crippen LogP contribution is 2.20. The lowest BCUT2D eigenvalue weighted by Gasteiger charge is -2.14. The number of halogens is 1. The highest BCUT2D eigenvalue weighted by molar-refractivity contribution is 5.21. The number of ether oxygens (including phenoxy) is 1.